The molecule has 3 N–H and O–H groups in total. The van der Waals surface area contributed by atoms with Crippen molar-refractivity contribution in [3.05, 3.63) is 26.6 Å². The molecule has 0 bridgehead atoms. The molecule has 0 aliphatic heterocycles. The number of carbonyl (C=O) groups is 1. The van der Waals surface area contributed by atoms with Gasteiger partial charge in [0.25, 0.3) is 5.91 Å². The van der Waals surface area contributed by atoms with Gasteiger partial charge in [0.2, 0.25) is 0 Å². The summed E-state index contributed by atoms with van der Waals surface area (Å²) in [6, 6.07) is 3.93. The summed E-state index contributed by atoms with van der Waals surface area (Å²) in [7, 11) is 0. The Balaban J connectivity index is 2.76. The molecule has 1 atom stereocenters. The van der Waals surface area contributed by atoms with E-state index in [1.807, 2.05) is 12.1 Å². The normalized spacial score (nSPS) is 12.3. The Hall–Kier alpha value is -0.590. The van der Waals surface area contributed by atoms with E-state index in [2.05, 4.69) is 51.0 Å². The first-order valence-electron chi connectivity index (χ1n) is 6.97. The van der Waals surface area contributed by atoms with Gasteiger partial charge in [-0.1, -0.05) is 13.8 Å². The van der Waals surface area contributed by atoms with Crippen molar-refractivity contribution in [3.63, 3.8) is 0 Å². The van der Waals surface area contributed by atoms with Crippen molar-refractivity contribution in [2.24, 2.45) is 11.7 Å². The van der Waals surface area contributed by atoms with Crippen molar-refractivity contribution < 1.29 is 9.53 Å². The van der Waals surface area contributed by atoms with E-state index in [0.717, 1.165) is 20.9 Å². The molecule has 0 heterocycles. The second-order valence-electron chi connectivity index (χ2n) is 5.33. The average molecular weight is 422 g/mol. The summed E-state index contributed by atoms with van der Waals surface area (Å²) in [4.78, 5) is 12.0. The van der Waals surface area contributed by atoms with Crippen molar-refractivity contribution in [2.45, 2.75) is 33.3 Å². The number of rotatable bonds is 7. The molecule has 4 nitrogen and oxygen atoms in total. The Morgan fingerprint density at radius 3 is 2.33 bits per heavy atom. The molecule has 0 aromatic heterocycles. The zero-order valence-electron chi connectivity index (χ0n) is 12.6. The molecule has 1 amide bonds. The molecule has 118 valence electrons. The van der Waals surface area contributed by atoms with Gasteiger partial charge in [0.15, 0.2) is 6.10 Å². The van der Waals surface area contributed by atoms with E-state index in [-0.39, 0.29) is 5.91 Å². The third kappa shape index (κ3) is 5.96. The Kier molecular flexibility index (Phi) is 7.70. The predicted octanol–water partition coefficient (Wildman–Crippen LogP) is 3.25. The molecule has 1 rings (SSSR count). The van der Waals surface area contributed by atoms with Gasteiger partial charge in [-0.2, -0.15) is 0 Å². The minimum Gasteiger partial charge on any atom is -0.479 e. The van der Waals surface area contributed by atoms with Crippen LogP contribution in [0.1, 0.15) is 26.3 Å². The van der Waals surface area contributed by atoms with Crippen LogP contribution in [0.3, 0.4) is 0 Å². The van der Waals surface area contributed by atoms with Crippen molar-refractivity contribution in [2.75, 3.05) is 13.1 Å². The van der Waals surface area contributed by atoms with Crippen LogP contribution in [0.4, 0.5) is 0 Å². The second-order valence-corrected chi connectivity index (χ2v) is 7.04. The number of benzene rings is 1. The van der Waals surface area contributed by atoms with E-state index in [9.17, 15) is 4.79 Å². The van der Waals surface area contributed by atoms with Crippen molar-refractivity contribution >= 4 is 37.8 Å². The van der Waals surface area contributed by atoms with Crippen LogP contribution in [0.15, 0.2) is 21.1 Å². The first-order chi connectivity index (χ1) is 9.85. The average Bonchev–Trinajstić information content (AvgIpc) is 2.40. The van der Waals surface area contributed by atoms with Gasteiger partial charge < -0.3 is 15.8 Å². The van der Waals surface area contributed by atoms with E-state index in [1.165, 1.54) is 0 Å². The maximum Gasteiger partial charge on any atom is 0.260 e. The van der Waals surface area contributed by atoms with Gasteiger partial charge >= 0.3 is 0 Å². The van der Waals surface area contributed by atoms with Crippen LogP contribution in [-0.2, 0) is 11.2 Å². The maximum atomic E-state index is 12.0. The summed E-state index contributed by atoms with van der Waals surface area (Å²) in [5, 5.41) is 2.86. The first kappa shape index (κ1) is 18.5. The number of halogens is 2. The molecule has 21 heavy (non-hydrogen) atoms. The molecule has 0 radical (unpaired) electrons. The van der Waals surface area contributed by atoms with Crippen LogP contribution in [0.5, 0.6) is 5.75 Å². The zero-order valence-corrected chi connectivity index (χ0v) is 15.8. The van der Waals surface area contributed by atoms with Crippen molar-refractivity contribution in [1.29, 1.82) is 0 Å². The molecule has 1 unspecified atom stereocenters. The van der Waals surface area contributed by atoms with Crippen molar-refractivity contribution in [3.8, 4) is 5.75 Å². The van der Waals surface area contributed by atoms with Crippen molar-refractivity contribution in [1.82, 2.24) is 5.32 Å². The third-order valence-corrected chi connectivity index (χ3v) is 4.02. The quantitative estimate of drug-likeness (QED) is 0.710. The number of carbonyl (C=O) groups excluding carboxylic acids is 1. The predicted molar refractivity (Wildman–Crippen MR) is 92.5 cm³/mol. The molecule has 0 saturated heterocycles. The smallest absolute Gasteiger partial charge is 0.260 e. The number of amides is 1. The van der Waals surface area contributed by atoms with E-state index in [1.54, 1.807) is 6.92 Å². The zero-order chi connectivity index (χ0) is 16.0. The van der Waals surface area contributed by atoms with Crippen LogP contribution in [-0.4, -0.2) is 25.1 Å². The van der Waals surface area contributed by atoms with Gasteiger partial charge in [0.1, 0.15) is 5.75 Å². The largest absolute Gasteiger partial charge is 0.479 e. The minimum atomic E-state index is -0.559. The van der Waals surface area contributed by atoms with E-state index in [0.29, 0.717) is 24.8 Å². The molecule has 1 aromatic rings. The fraction of sp³-hybridized carbons (Fsp3) is 0.533. The SMILES string of the molecule is CC(C)CNC(=O)C(C)Oc1c(Br)cc(CCN)cc1Br. The fourth-order valence-corrected chi connectivity index (χ4v) is 3.18. The lowest BCUT2D eigenvalue weighted by Crippen LogP contribution is -2.38. The molecule has 0 fully saturated rings. The van der Waals surface area contributed by atoms with Gasteiger partial charge in [-0.05, 0) is 75.4 Å². The van der Waals surface area contributed by atoms with E-state index < -0.39 is 6.10 Å². The molecule has 0 aliphatic carbocycles. The summed E-state index contributed by atoms with van der Waals surface area (Å²) in [5.41, 5.74) is 6.67. The summed E-state index contributed by atoms with van der Waals surface area (Å²) in [5.74, 6) is 0.923. The Morgan fingerprint density at radius 1 is 1.29 bits per heavy atom. The van der Waals surface area contributed by atoms with Crippen LogP contribution < -0.4 is 15.8 Å². The molecule has 0 saturated carbocycles. The lowest BCUT2D eigenvalue weighted by Gasteiger charge is -2.18. The molecule has 1 aromatic carbocycles. The lowest BCUT2D eigenvalue weighted by atomic mass is 10.1. The van der Waals surface area contributed by atoms with Crippen LogP contribution in [0.25, 0.3) is 0 Å². The summed E-state index contributed by atoms with van der Waals surface area (Å²) in [6.07, 6.45) is 0.235. The van der Waals surface area contributed by atoms with Crippen LogP contribution in [0.2, 0.25) is 0 Å². The molecule has 0 spiro atoms. The number of ether oxygens (including phenoxy) is 1. The van der Waals surface area contributed by atoms with E-state index in [4.69, 9.17) is 10.5 Å². The minimum absolute atomic E-state index is 0.117. The molecule has 6 heteroatoms. The van der Waals surface area contributed by atoms with Gasteiger partial charge in [0, 0.05) is 6.54 Å². The Labute approximate surface area is 143 Å². The molecule has 0 aliphatic rings. The van der Waals surface area contributed by atoms with Crippen LogP contribution >= 0.6 is 31.9 Å². The summed E-state index contributed by atoms with van der Waals surface area (Å²) in [6.45, 7) is 7.07. The topological polar surface area (TPSA) is 64.3 Å². The summed E-state index contributed by atoms with van der Waals surface area (Å²) >= 11 is 6.96. The van der Waals surface area contributed by atoms with Crippen LogP contribution in [0, 0.1) is 5.92 Å². The second kappa shape index (κ2) is 8.76. The highest BCUT2D eigenvalue weighted by Gasteiger charge is 2.18. The number of nitrogens with two attached hydrogens (primary N) is 1. The number of hydrogen-bond donors (Lipinski definition) is 2. The van der Waals surface area contributed by atoms with E-state index >= 15 is 0 Å². The monoisotopic (exact) mass is 420 g/mol. The standard InChI is InChI=1S/C15H22Br2N2O2/c1-9(2)8-19-15(20)10(3)21-14-12(16)6-11(4-5-18)7-13(14)17/h6-7,9-10H,4-5,8,18H2,1-3H3,(H,19,20). The Morgan fingerprint density at radius 2 is 1.86 bits per heavy atom. The van der Waals surface area contributed by atoms with Gasteiger partial charge in [0.05, 0.1) is 8.95 Å². The Bertz CT molecular complexity index is 470. The molecular formula is C15H22Br2N2O2. The maximum absolute atomic E-state index is 12.0. The highest BCUT2D eigenvalue weighted by molar-refractivity contribution is 9.11. The number of hydrogen-bond acceptors (Lipinski definition) is 3. The fourth-order valence-electron chi connectivity index (χ4n) is 1.71. The van der Waals surface area contributed by atoms with Gasteiger partial charge in [-0.15, -0.1) is 0 Å². The number of nitrogens with one attached hydrogen (secondary N) is 1. The van der Waals surface area contributed by atoms with Gasteiger partial charge in [-0.25, -0.2) is 0 Å². The highest BCUT2D eigenvalue weighted by atomic mass is 79.9. The molecular weight excluding hydrogens is 400 g/mol. The summed E-state index contributed by atoms with van der Waals surface area (Å²) < 4.78 is 7.38. The van der Waals surface area contributed by atoms with Gasteiger partial charge in [-0.3, -0.25) is 4.79 Å². The highest BCUT2D eigenvalue weighted by Crippen LogP contribution is 2.35. The third-order valence-electron chi connectivity index (χ3n) is 2.84. The lowest BCUT2D eigenvalue weighted by molar-refractivity contribution is -0.127. The first-order valence-corrected chi connectivity index (χ1v) is 8.56.